The molecule has 8 nitrogen and oxygen atoms in total. The van der Waals surface area contributed by atoms with Crippen LogP contribution in [-0.4, -0.2) is 29.9 Å². The van der Waals surface area contributed by atoms with Crippen LogP contribution in [0, 0.1) is 24.0 Å². The Balaban J connectivity index is 1.66. The van der Waals surface area contributed by atoms with Gasteiger partial charge in [-0.2, -0.15) is 0 Å². The lowest BCUT2D eigenvalue weighted by Crippen LogP contribution is -2.40. The first kappa shape index (κ1) is 18.4. The molecule has 1 N–H and O–H groups in total. The fourth-order valence-electron chi connectivity index (χ4n) is 2.93. The van der Waals surface area contributed by atoms with Crippen molar-refractivity contribution in [1.82, 2.24) is 0 Å². The fraction of sp³-hybridized carbons (Fsp3) is 0.263. The molecule has 0 spiro atoms. The van der Waals surface area contributed by atoms with Crippen LogP contribution in [0.15, 0.2) is 36.4 Å². The van der Waals surface area contributed by atoms with E-state index in [4.69, 9.17) is 4.74 Å². The quantitative estimate of drug-likeness (QED) is 0.645. The molecule has 0 aromatic heterocycles. The fourth-order valence-corrected chi connectivity index (χ4v) is 2.93. The minimum atomic E-state index is -0.468. The lowest BCUT2D eigenvalue weighted by Gasteiger charge is -2.29. The second-order valence-corrected chi connectivity index (χ2v) is 6.36. The molecular weight excluding hydrogens is 350 g/mol. The molecule has 0 bridgehead atoms. The Hall–Kier alpha value is -3.42. The van der Waals surface area contributed by atoms with Crippen LogP contribution in [0.4, 0.5) is 17.1 Å². The number of rotatable bonds is 5. The molecule has 0 radical (unpaired) electrons. The molecule has 0 fully saturated rings. The summed E-state index contributed by atoms with van der Waals surface area (Å²) in [4.78, 5) is 36.4. The lowest BCUT2D eigenvalue weighted by molar-refractivity contribution is -0.385. The van der Waals surface area contributed by atoms with Crippen LogP contribution in [0.25, 0.3) is 0 Å². The third kappa shape index (κ3) is 4.05. The van der Waals surface area contributed by atoms with Crippen molar-refractivity contribution in [1.29, 1.82) is 0 Å². The normalized spacial score (nSPS) is 13.0. The molecule has 27 heavy (non-hydrogen) atoms. The van der Waals surface area contributed by atoms with Crippen LogP contribution >= 0.6 is 0 Å². The summed E-state index contributed by atoms with van der Waals surface area (Å²) in [5.74, 6) is 0.135. The van der Waals surface area contributed by atoms with Crippen LogP contribution in [0.2, 0.25) is 0 Å². The zero-order valence-corrected chi connectivity index (χ0v) is 15.0. The van der Waals surface area contributed by atoms with E-state index < -0.39 is 4.92 Å². The number of carbonyl (C=O) groups excluding carboxylic acids is 2. The van der Waals surface area contributed by atoms with Gasteiger partial charge in [0.15, 0.2) is 6.61 Å². The number of nitrogens with zero attached hydrogens (tertiary/aromatic N) is 2. The number of anilines is 2. The first-order chi connectivity index (χ1) is 12.8. The Morgan fingerprint density at radius 2 is 2.04 bits per heavy atom. The van der Waals surface area contributed by atoms with E-state index in [1.165, 1.54) is 12.1 Å². The maximum atomic E-state index is 12.3. The number of benzene rings is 2. The Morgan fingerprint density at radius 1 is 1.26 bits per heavy atom. The van der Waals surface area contributed by atoms with Gasteiger partial charge in [-0.3, -0.25) is 19.7 Å². The van der Waals surface area contributed by atoms with Crippen LogP contribution < -0.4 is 15.0 Å². The average Bonchev–Trinajstić information content (AvgIpc) is 2.60. The number of fused-ring (bicyclic) bond motifs is 1. The summed E-state index contributed by atoms with van der Waals surface area (Å²) in [7, 11) is 0. The van der Waals surface area contributed by atoms with Crippen molar-refractivity contribution in [2.24, 2.45) is 0 Å². The van der Waals surface area contributed by atoms with Crippen molar-refractivity contribution in [3.05, 3.63) is 57.6 Å². The van der Waals surface area contributed by atoms with Gasteiger partial charge >= 0.3 is 0 Å². The molecule has 2 aromatic rings. The molecule has 0 aliphatic carbocycles. The maximum Gasteiger partial charge on any atom is 0.272 e. The average molecular weight is 369 g/mol. The van der Waals surface area contributed by atoms with Gasteiger partial charge in [0, 0.05) is 30.3 Å². The van der Waals surface area contributed by atoms with E-state index in [-0.39, 0.29) is 37.1 Å². The summed E-state index contributed by atoms with van der Waals surface area (Å²) in [5, 5.41) is 13.6. The van der Waals surface area contributed by atoms with Crippen molar-refractivity contribution < 1.29 is 19.2 Å². The molecule has 2 amide bonds. The van der Waals surface area contributed by atoms with Crippen LogP contribution in [0.5, 0.6) is 5.75 Å². The summed E-state index contributed by atoms with van der Waals surface area (Å²) >= 11 is 0. The standard InChI is InChI=1S/C19H19N3O5/c1-12-3-6-17-16(9-12)21(19(24)11-27-17)8-7-18(23)20-14-4-5-15(22(25)26)13(2)10-14/h3-6,9-10H,7-8,11H2,1-2H3,(H,20,23). The zero-order chi connectivity index (χ0) is 19.6. The topological polar surface area (TPSA) is 102 Å². The maximum absolute atomic E-state index is 12.3. The Kier molecular flexibility index (Phi) is 5.07. The van der Waals surface area contributed by atoms with Crippen molar-refractivity contribution in [2.45, 2.75) is 20.3 Å². The summed E-state index contributed by atoms with van der Waals surface area (Å²) in [6, 6.07) is 9.95. The highest BCUT2D eigenvalue weighted by Gasteiger charge is 2.26. The van der Waals surface area contributed by atoms with Gasteiger partial charge < -0.3 is 15.0 Å². The molecular formula is C19H19N3O5. The van der Waals surface area contributed by atoms with Crippen LogP contribution in [0.3, 0.4) is 0 Å². The number of nitro benzene ring substituents is 1. The van der Waals surface area contributed by atoms with Crippen LogP contribution in [-0.2, 0) is 9.59 Å². The highest BCUT2D eigenvalue weighted by molar-refractivity contribution is 5.99. The first-order valence-corrected chi connectivity index (χ1v) is 8.44. The van der Waals surface area contributed by atoms with Crippen LogP contribution in [0.1, 0.15) is 17.5 Å². The molecule has 1 aliphatic rings. The van der Waals surface area contributed by atoms with E-state index in [0.29, 0.717) is 22.7 Å². The van der Waals surface area contributed by atoms with Crippen molar-refractivity contribution in [3.8, 4) is 5.75 Å². The SMILES string of the molecule is Cc1ccc2c(c1)N(CCC(=O)Nc1ccc([N+](=O)[O-])c(C)c1)C(=O)CO2. The smallest absolute Gasteiger partial charge is 0.272 e. The van der Waals surface area contributed by atoms with E-state index in [2.05, 4.69) is 5.32 Å². The molecule has 0 unspecified atom stereocenters. The molecule has 8 heteroatoms. The molecule has 3 rings (SSSR count). The van der Waals surface area contributed by atoms with Gasteiger partial charge in [0.2, 0.25) is 5.91 Å². The third-order valence-corrected chi connectivity index (χ3v) is 4.30. The van der Waals surface area contributed by atoms with Gasteiger partial charge in [0.1, 0.15) is 5.75 Å². The predicted octanol–water partition coefficient (Wildman–Crippen LogP) is 2.97. The van der Waals surface area contributed by atoms with Gasteiger partial charge in [-0.05, 0) is 43.7 Å². The number of hydrogen-bond acceptors (Lipinski definition) is 5. The zero-order valence-electron chi connectivity index (χ0n) is 15.0. The summed E-state index contributed by atoms with van der Waals surface area (Å²) in [6.45, 7) is 3.69. The Morgan fingerprint density at radius 3 is 2.74 bits per heavy atom. The first-order valence-electron chi connectivity index (χ1n) is 8.44. The molecule has 1 heterocycles. The number of ether oxygens (including phenoxy) is 1. The number of nitro groups is 1. The molecule has 0 atom stereocenters. The molecule has 2 aromatic carbocycles. The number of nitrogens with one attached hydrogen (secondary N) is 1. The minimum Gasteiger partial charge on any atom is -0.482 e. The highest BCUT2D eigenvalue weighted by atomic mass is 16.6. The number of carbonyl (C=O) groups is 2. The van der Waals surface area contributed by atoms with E-state index in [0.717, 1.165) is 5.56 Å². The second kappa shape index (κ2) is 7.45. The molecule has 1 aliphatic heterocycles. The van der Waals surface area contributed by atoms with Gasteiger partial charge in [-0.25, -0.2) is 0 Å². The van der Waals surface area contributed by atoms with Crippen molar-refractivity contribution in [3.63, 3.8) is 0 Å². The number of hydrogen-bond donors (Lipinski definition) is 1. The predicted molar refractivity (Wildman–Crippen MR) is 100 cm³/mol. The molecule has 0 saturated heterocycles. The monoisotopic (exact) mass is 369 g/mol. The molecule has 140 valence electrons. The highest BCUT2D eigenvalue weighted by Crippen LogP contribution is 2.33. The van der Waals surface area contributed by atoms with E-state index in [9.17, 15) is 19.7 Å². The van der Waals surface area contributed by atoms with Crippen molar-refractivity contribution >= 4 is 28.9 Å². The van der Waals surface area contributed by atoms with Gasteiger partial charge in [-0.1, -0.05) is 6.07 Å². The number of aryl methyl sites for hydroxylation is 2. The van der Waals surface area contributed by atoms with Crippen molar-refractivity contribution in [2.75, 3.05) is 23.4 Å². The lowest BCUT2D eigenvalue weighted by atomic mass is 10.1. The van der Waals surface area contributed by atoms with E-state index >= 15 is 0 Å². The largest absolute Gasteiger partial charge is 0.482 e. The van der Waals surface area contributed by atoms with Gasteiger partial charge in [0.25, 0.3) is 11.6 Å². The van der Waals surface area contributed by atoms with E-state index in [1.54, 1.807) is 17.9 Å². The number of amides is 2. The summed E-state index contributed by atoms with van der Waals surface area (Å²) in [5.41, 5.74) is 2.59. The summed E-state index contributed by atoms with van der Waals surface area (Å²) < 4.78 is 5.42. The van der Waals surface area contributed by atoms with E-state index in [1.807, 2.05) is 25.1 Å². The second-order valence-electron chi connectivity index (χ2n) is 6.36. The van der Waals surface area contributed by atoms with Gasteiger partial charge in [0.05, 0.1) is 10.6 Å². The Labute approximate surface area is 155 Å². The van der Waals surface area contributed by atoms with Gasteiger partial charge in [-0.15, -0.1) is 0 Å². The summed E-state index contributed by atoms with van der Waals surface area (Å²) in [6.07, 6.45) is 0.0924. The third-order valence-electron chi connectivity index (χ3n) is 4.30. The Bertz CT molecular complexity index is 926. The molecule has 0 saturated carbocycles. The minimum absolute atomic E-state index is 0.00103.